The van der Waals surface area contributed by atoms with Gasteiger partial charge in [-0.3, -0.25) is 9.59 Å². The van der Waals surface area contributed by atoms with Gasteiger partial charge < -0.3 is 24.6 Å². The first kappa shape index (κ1) is 21.5. The second-order valence-corrected chi connectivity index (χ2v) is 7.59. The third-order valence-electron chi connectivity index (χ3n) is 5.62. The van der Waals surface area contributed by atoms with E-state index in [1.54, 1.807) is 13.0 Å². The minimum atomic E-state index is -2.02. The molecule has 2 N–H and O–H groups in total. The molecule has 0 saturated carbocycles. The molecule has 0 aromatic heterocycles. The summed E-state index contributed by atoms with van der Waals surface area (Å²) in [6.07, 6.45) is -0.135. The van der Waals surface area contributed by atoms with Crippen LogP contribution in [0.2, 0.25) is 0 Å². The van der Waals surface area contributed by atoms with Crippen molar-refractivity contribution in [3.63, 3.8) is 0 Å². The van der Waals surface area contributed by atoms with Crippen molar-refractivity contribution in [2.75, 3.05) is 26.7 Å². The molecule has 2 heterocycles. The summed E-state index contributed by atoms with van der Waals surface area (Å²) in [7, 11) is 1.86. The monoisotopic (exact) mass is 383 g/mol. The van der Waals surface area contributed by atoms with Gasteiger partial charge in [0.15, 0.2) is 11.7 Å². The van der Waals surface area contributed by atoms with E-state index in [-0.39, 0.29) is 18.6 Å². The van der Waals surface area contributed by atoms with Crippen LogP contribution in [0.25, 0.3) is 0 Å². The number of carbonyl (C=O) groups excluding carboxylic acids is 3. The van der Waals surface area contributed by atoms with Crippen LogP contribution in [-0.4, -0.2) is 77.4 Å². The van der Waals surface area contributed by atoms with Crippen LogP contribution < -0.4 is 0 Å². The Labute approximate surface area is 159 Å². The van der Waals surface area contributed by atoms with Crippen LogP contribution in [0, 0.1) is 11.8 Å². The zero-order valence-electron chi connectivity index (χ0n) is 16.3. The van der Waals surface area contributed by atoms with Gasteiger partial charge in [0.1, 0.15) is 6.61 Å². The quantitative estimate of drug-likeness (QED) is 0.611. The highest BCUT2D eigenvalue weighted by Crippen LogP contribution is 2.30. The largest absolute Gasteiger partial charge is 0.459 e. The Morgan fingerprint density at radius 3 is 2.63 bits per heavy atom. The third kappa shape index (κ3) is 4.56. The van der Waals surface area contributed by atoms with Crippen molar-refractivity contribution in [3.8, 4) is 0 Å². The summed E-state index contributed by atoms with van der Waals surface area (Å²) < 4.78 is 10.7. The lowest BCUT2D eigenvalue weighted by molar-refractivity contribution is -0.181. The van der Waals surface area contributed by atoms with Crippen molar-refractivity contribution in [2.24, 2.45) is 11.8 Å². The van der Waals surface area contributed by atoms with Crippen molar-refractivity contribution in [1.82, 2.24) is 4.90 Å². The first-order valence-corrected chi connectivity index (χ1v) is 9.29. The van der Waals surface area contributed by atoms with E-state index < -0.39 is 47.4 Å². The molecular weight excluding hydrogens is 354 g/mol. The molecule has 0 amide bonds. The molecule has 2 rings (SSSR count). The maximum Gasteiger partial charge on any atom is 0.338 e. The number of ketones is 1. The summed E-state index contributed by atoms with van der Waals surface area (Å²) in [4.78, 5) is 39.8. The maximum absolute atomic E-state index is 12.8. The number of likely N-dealkylation sites (N-methyl/N-ethyl adjacent to an activating group) is 1. The number of rotatable bonds is 1. The summed E-state index contributed by atoms with van der Waals surface area (Å²) in [6.45, 7) is 5.12. The Morgan fingerprint density at radius 2 is 2.00 bits per heavy atom. The van der Waals surface area contributed by atoms with Crippen molar-refractivity contribution in [1.29, 1.82) is 0 Å². The molecule has 0 aromatic carbocycles. The molecule has 0 spiro atoms. The number of hydrogen-bond donors (Lipinski definition) is 2. The summed E-state index contributed by atoms with van der Waals surface area (Å²) in [5.74, 6) is -4.01. The van der Waals surface area contributed by atoms with Gasteiger partial charge >= 0.3 is 11.9 Å². The van der Waals surface area contributed by atoms with E-state index in [1.807, 2.05) is 11.9 Å². The fourth-order valence-corrected chi connectivity index (χ4v) is 3.31. The zero-order valence-corrected chi connectivity index (χ0v) is 16.3. The van der Waals surface area contributed by atoms with Crippen LogP contribution in [0.15, 0.2) is 11.6 Å². The topological polar surface area (TPSA) is 113 Å². The van der Waals surface area contributed by atoms with Crippen LogP contribution in [0.5, 0.6) is 0 Å². The second kappa shape index (κ2) is 8.50. The van der Waals surface area contributed by atoms with Crippen LogP contribution >= 0.6 is 0 Å². The van der Waals surface area contributed by atoms with Crippen LogP contribution in [0.3, 0.4) is 0 Å². The van der Waals surface area contributed by atoms with Gasteiger partial charge in [0.05, 0.1) is 12.0 Å². The zero-order chi connectivity index (χ0) is 20.4. The molecule has 5 atom stereocenters. The highest BCUT2D eigenvalue weighted by atomic mass is 16.6. The molecule has 0 radical (unpaired) electrons. The molecular formula is C19H29NO7. The van der Waals surface area contributed by atoms with Gasteiger partial charge in [-0.05, 0) is 20.4 Å². The molecule has 0 aromatic rings. The third-order valence-corrected chi connectivity index (χ3v) is 5.62. The number of ether oxygens (including phenoxy) is 2. The van der Waals surface area contributed by atoms with Crippen LogP contribution in [-0.2, 0) is 23.9 Å². The van der Waals surface area contributed by atoms with E-state index in [1.165, 1.54) is 13.8 Å². The molecule has 0 aliphatic carbocycles. The summed E-state index contributed by atoms with van der Waals surface area (Å²) in [5.41, 5.74) is -1.79. The average molecular weight is 383 g/mol. The van der Waals surface area contributed by atoms with Gasteiger partial charge in [-0.1, -0.05) is 19.9 Å². The number of aliphatic hydroxyl groups excluding tert-OH is 1. The average Bonchev–Trinajstić information content (AvgIpc) is 2.62. The number of carbonyl (C=O) groups is 3. The number of nitrogens with zero attached hydrogens (tertiary/aromatic N) is 1. The molecule has 8 heteroatoms. The Kier molecular flexibility index (Phi) is 6.77. The molecule has 2 aliphatic rings. The molecule has 8 nitrogen and oxygen atoms in total. The van der Waals surface area contributed by atoms with Crippen LogP contribution in [0.4, 0.5) is 0 Å². The molecule has 1 saturated heterocycles. The predicted molar refractivity (Wildman–Crippen MR) is 95.6 cm³/mol. The number of Topliss-reactive ketones (excluding diaryl/α,β-unsaturated/α-hetero) is 1. The second-order valence-electron chi connectivity index (χ2n) is 7.59. The smallest absolute Gasteiger partial charge is 0.338 e. The van der Waals surface area contributed by atoms with Gasteiger partial charge in [-0.2, -0.15) is 0 Å². The normalized spacial score (nSPS) is 39.0. The molecule has 152 valence electrons. The van der Waals surface area contributed by atoms with E-state index in [0.29, 0.717) is 19.5 Å². The van der Waals surface area contributed by atoms with Crippen molar-refractivity contribution in [3.05, 3.63) is 11.6 Å². The SMILES string of the molecule is CCC1C(=O)O[C@@H]2CCN(C)C/C=C(/COC(=O)[C@@](C)(O)[C@@H](C)[C@H]1O)C2=O. The van der Waals surface area contributed by atoms with Crippen molar-refractivity contribution >= 4 is 17.7 Å². The van der Waals surface area contributed by atoms with Gasteiger partial charge in [0.2, 0.25) is 5.78 Å². The maximum atomic E-state index is 12.8. The molecule has 27 heavy (non-hydrogen) atoms. The predicted octanol–water partition coefficient (Wildman–Crippen LogP) is 0.0602. The Bertz CT molecular complexity index is 628. The summed E-state index contributed by atoms with van der Waals surface area (Å²) in [6, 6.07) is 0. The van der Waals surface area contributed by atoms with E-state index >= 15 is 0 Å². The first-order chi connectivity index (χ1) is 12.6. The molecule has 1 unspecified atom stereocenters. The Morgan fingerprint density at radius 1 is 1.33 bits per heavy atom. The number of cyclic esters (lactones) is 1. The number of hydrogen-bond acceptors (Lipinski definition) is 8. The fraction of sp³-hybridized carbons (Fsp3) is 0.737. The van der Waals surface area contributed by atoms with Crippen molar-refractivity contribution < 1.29 is 34.1 Å². The minimum absolute atomic E-state index is 0.227. The van der Waals surface area contributed by atoms with Gasteiger partial charge in [0, 0.05) is 31.0 Å². The van der Waals surface area contributed by atoms with E-state index in [0.717, 1.165) is 0 Å². The van der Waals surface area contributed by atoms with Gasteiger partial charge in [-0.15, -0.1) is 0 Å². The number of esters is 2. The van der Waals surface area contributed by atoms with Gasteiger partial charge in [-0.25, -0.2) is 4.79 Å². The molecule has 1 fully saturated rings. The lowest BCUT2D eigenvalue weighted by Gasteiger charge is -2.35. The molecule has 2 aliphatic heterocycles. The van der Waals surface area contributed by atoms with Gasteiger partial charge in [0.25, 0.3) is 0 Å². The Balaban J connectivity index is 2.45. The number of fused-ring (bicyclic) bond motifs is 2. The highest BCUT2D eigenvalue weighted by molar-refractivity contribution is 6.00. The Hall–Kier alpha value is -1.77. The first-order valence-electron chi connectivity index (χ1n) is 9.29. The lowest BCUT2D eigenvalue weighted by atomic mass is 9.79. The summed E-state index contributed by atoms with van der Waals surface area (Å²) in [5, 5.41) is 21.2. The summed E-state index contributed by atoms with van der Waals surface area (Å²) >= 11 is 0. The number of aliphatic hydroxyl groups is 2. The fourth-order valence-electron chi connectivity index (χ4n) is 3.31. The standard InChI is InChI=1S/C19H29NO7/c1-5-13-15(21)11(2)19(3,25)18(24)26-10-12-6-8-20(4)9-7-14(16(12)22)27-17(13)23/h6,11,13-15,21,25H,5,7-10H2,1-4H3/b12-6-/t11-,13?,14+,15+,19-/m0/s1. The molecule has 2 bridgehead atoms. The van der Waals surface area contributed by atoms with E-state index in [4.69, 9.17) is 9.47 Å². The van der Waals surface area contributed by atoms with Crippen LogP contribution in [0.1, 0.15) is 33.6 Å². The van der Waals surface area contributed by atoms with E-state index in [2.05, 4.69) is 0 Å². The highest BCUT2D eigenvalue weighted by Gasteiger charge is 2.46. The van der Waals surface area contributed by atoms with Crippen molar-refractivity contribution in [2.45, 2.75) is 51.4 Å². The minimum Gasteiger partial charge on any atom is -0.459 e. The van der Waals surface area contributed by atoms with E-state index in [9.17, 15) is 24.6 Å². The lowest BCUT2D eigenvalue weighted by Crippen LogP contribution is -2.52.